The molecule has 0 bridgehead atoms. The standard InChI is InChI=1S/C22H23NO4/c1-23(2)16-10-7-14(20(13-16)27-3)9-12-18(24)17-11-8-15-5-4-6-19(25)21(15)22(17)26/h4-8,10-11,13,25-26H,9,12H2,1-3H3. The maximum absolute atomic E-state index is 12.7. The number of aromatic hydroxyl groups is 2. The van der Waals surface area contributed by atoms with Crippen molar-refractivity contribution in [3.05, 3.63) is 59.7 Å². The van der Waals surface area contributed by atoms with Gasteiger partial charge in [-0.3, -0.25) is 4.79 Å². The molecule has 0 heterocycles. The quantitative estimate of drug-likeness (QED) is 0.643. The summed E-state index contributed by atoms with van der Waals surface area (Å²) in [6, 6.07) is 14.2. The molecule has 0 saturated carbocycles. The van der Waals surface area contributed by atoms with Gasteiger partial charge in [0, 0.05) is 32.3 Å². The second kappa shape index (κ2) is 7.58. The zero-order valence-electron chi connectivity index (χ0n) is 15.7. The molecule has 0 aliphatic heterocycles. The molecular formula is C22H23NO4. The number of carbonyl (C=O) groups excluding carboxylic acids is 1. The Hall–Kier alpha value is -3.21. The summed E-state index contributed by atoms with van der Waals surface area (Å²) in [6.45, 7) is 0. The monoisotopic (exact) mass is 365 g/mol. The molecule has 0 radical (unpaired) electrons. The van der Waals surface area contributed by atoms with E-state index in [0.717, 1.165) is 17.0 Å². The molecule has 0 aliphatic rings. The van der Waals surface area contributed by atoms with E-state index in [1.54, 1.807) is 31.4 Å². The average molecular weight is 365 g/mol. The van der Waals surface area contributed by atoms with E-state index >= 15 is 0 Å². The molecule has 0 atom stereocenters. The van der Waals surface area contributed by atoms with Crippen molar-refractivity contribution in [1.82, 2.24) is 0 Å². The number of carbonyl (C=O) groups is 1. The molecule has 3 rings (SSSR count). The molecular weight excluding hydrogens is 342 g/mol. The van der Waals surface area contributed by atoms with Gasteiger partial charge >= 0.3 is 0 Å². The highest BCUT2D eigenvalue weighted by molar-refractivity contribution is 6.06. The van der Waals surface area contributed by atoms with Crippen LogP contribution in [0.1, 0.15) is 22.3 Å². The second-order valence-electron chi connectivity index (χ2n) is 6.65. The number of Topliss-reactive ketones (excluding diaryl/α,β-unsaturated/α-hetero) is 1. The Bertz CT molecular complexity index is 995. The molecule has 0 amide bonds. The summed E-state index contributed by atoms with van der Waals surface area (Å²) in [5.74, 6) is 0.330. The highest BCUT2D eigenvalue weighted by Gasteiger charge is 2.17. The van der Waals surface area contributed by atoms with Crippen LogP contribution in [0.5, 0.6) is 17.2 Å². The summed E-state index contributed by atoms with van der Waals surface area (Å²) in [6.07, 6.45) is 0.721. The van der Waals surface area contributed by atoms with E-state index in [1.165, 1.54) is 6.07 Å². The van der Waals surface area contributed by atoms with Crippen LogP contribution in [0.3, 0.4) is 0 Å². The molecule has 0 unspecified atom stereocenters. The lowest BCUT2D eigenvalue weighted by molar-refractivity contribution is 0.0980. The van der Waals surface area contributed by atoms with Gasteiger partial charge in [0.25, 0.3) is 0 Å². The van der Waals surface area contributed by atoms with E-state index < -0.39 is 0 Å². The molecule has 0 aromatic heterocycles. The molecule has 0 aliphatic carbocycles. The lowest BCUT2D eigenvalue weighted by Gasteiger charge is -2.16. The van der Waals surface area contributed by atoms with Crippen LogP contribution in [0.4, 0.5) is 5.69 Å². The van der Waals surface area contributed by atoms with Gasteiger partial charge < -0.3 is 19.8 Å². The summed E-state index contributed by atoms with van der Waals surface area (Å²) in [7, 11) is 5.52. The number of nitrogens with zero attached hydrogens (tertiary/aromatic N) is 1. The number of aryl methyl sites for hydroxylation is 1. The second-order valence-corrected chi connectivity index (χ2v) is 6.65. The summed E-state index contributed by atoms with van der Waals surface area (Å²) < 4.78 is 5.45. The van der Waals surface area contributed by atoms with E-state index in [4.69, 9.17) is 4.74 Å². The van der Waals surface area contributed by atoms with Gasteiger partial charge in [-0.05, 0) is 35.6 Å². The third kappa shape index (κ3) is 3.67. The largest absolute Gasteiger partial charge is 0.507 e. The normalized spacial score (nSPS) is 10.8. The first-order valence-electron chi connectivity index (χ1n) is 8.73. The number of rotatable bonds is 6. The van der Waals surface area contributed by atoms with E-state index in [9.17, 15) is 15.0 Å². The molecule has 0 spiro atoms. The van der Waals surface area contributed by atoms with Crippen molar-refractivity contribution in [3.63, 3.8) is 0 Å². The predicted molar refractivity (Wildman–Crippen MR) is 107 cm³/mol. The SMILES string of the molecule is COc1cc(N(C)C)ccc1CCC(=O)c1ccc2cccc(O)c2c1O. The summed E-state index contributed by atoms with van der Waals surface area (Å²) in [5.41, 5.74) is 2.16. The molecule has 3 aromatic rings. The van der Waals surface area contributed by atoms with Crippen molar-refractivity contribution in [1.29, 1.82) is 0 Å². The minimum Gasteiger partial charge on any atom is -0.507 e. The number of ketones is 1. The number of hydrogen-bond acceptors (Lipinski definition) is 5. The van der Waals surface area contributed by atoms with Crippen LogP contribution in [-0.2, 0) is 6.42 Å². The Morgan fingerprint density at radius 2 is 1.85 bits per heavy atom. The first kappa shape index (κ1) is 18.6. The van der Waals surface area contributed by atoms with E-state index in [1.807, 2.05) is 37.2 Å². The third-order valence-corrected chi connectivity index (χ3v) is 4.71. The molecule has 27 heavy (non-hydrogen) atoms. The van der Waals surface area contributed by atoms with Gasteiger partial charge in [0.2, 0.25) is 0 Å². The fourth-order valence-electron chi connectivity index (χ4n) is 3.17. The zero-order valence-corrected chi connectivity index (χ0v) is 15.7. The fourth-order valence-corrected chi connectivity index (χ4v) is 3.17. The van der Waals surface area contributed by atoms with E-state index in [2.05, 4.69) is 0 Å². The summed E-state index contributed by atoms with van der Waals surface area (Å²) in [4.78, 5) is 14.7. The smallest absolute Gasteiger partial charge is 0.166 e. The van der Waals surface area contributed by atoms with Gasteiger partial charge in [-0.2, -0.15) is 0 Å². The molecule has 3 aromatic carbocycles. The van der Waals surface area contributed by atoms with Gasteiger partial charge in [0.05, 0.1) is 18.1 Å². The number of methoxy groups -OCH3 is 1. The van der Waals surface area contributed by atoms with E-state index in [-0.39, 0.29) is 29.3 Å². The Kier molecular flexibility index (Phi) is 5.21. The maximum Gasteiger partial charge on any atom is 0.166 e. The van der Waals surface area contributed by atoms with E-state index in [0.29, 0.717) is 17.2 Å². The van der Waals surface area contributed by atoms with Crippen molar-refractivity contribution in [3.8, 4) is 17.2 Å². The number of phenols is 2. The number of anilines is 1. The molecule has 0 saturated heterocycles. The highest BCUT2D eigenvalue weighted by Crippen LogP contribution is 2.36. The minimum absolute atomic E-state index is 0.0411. The lowest BCUT2D eigenvalue weighted by atomic mass is 9.98. The van der Waals surface area contributed by atoms with Crippen LogP contribution in [0, 0.1) is 0 Å². The van der Waals surface area contributed by atoms with Crippen LogP contribution in [0.15, 0.2) is 48.5 Å². The summed E-state index contributed by atoms with van der Waals surface area (Å²) in [5, 5.41) is 21.5. The Morgan fingerprint density at radius 3 is 2.56 bits per heavy atom. The maximum atomic E-state index is 12.7. The Morgan fingerprint density at radius 1 is 1.07 bits per heavy atom. The Labute approximate surface area is 158 Å². The predicted octanol–water partition coefficient (Wildman–Crippen LogP) is 4.14. The first-order valence-corrected chi connectivity index (χ1v) is 8.73. The van der Waals surface area contributed by atoms with Crippen LogP contribution in [0.2, 0.25) is 0 Å². The lowest BCUT2D eigenvalue weighted by Crippen LogP contribution is -2.09. The minimum atomic E-state index is -0.184. The number of fused-ring (bicyclic) bond motifs is 1. The summed E-state index contributed by atoms with van der Waals surface area (Å²) >= 11 is 0. The van der Waals surface area contributed by atoms with Gasteiger partial charge in [-0.15, -0.1) is 0 Å². The average Bonchev–Trinajstić information content (AvgIpc) is 2.66. The van der Waals surface area contributed by atoms with Gasteiger partial charge in [-0.1, -0.05) is 24.3 Å². The zero-order chi connectivity index (χ0) is 19.6. The van der Waals surface area contributed by atoms with Crippen molar-refractivity contribution < 1.29 is 19.7 Å². The van der Waals surface area contributed by atoms with Crippen LogP contribution >= 0.6 is 0 Å². The van der Waals surface area contributed by atoms with Gasteiger partial charge in [0.15, 0.2) is 5.78 Å². The molecule has 5 nitrogen and oxygen atoms in total. The van der Waals surface area contributed by atoms with Crippen LogP contribution in [-0.4, -0.2) is 37.2 Å². The molecule has 5 heteroatoms. The van der Waals surface area contributed by atoms with Crippen molar-refractivity contribution >= 4 is 22.2 Å². The number of ether oxygens (including phenoxy) is 1. The number of phenolic OH excluding ortho intramolecular Hbond substituents is 2. The topological polar surface area (TPSA) is 70.0 Å². The molecule has 140 valence electrons. The third-order valence-electron chi connectivity index (χ3n) is 4.71. The van der Waals surface area contributed by atoms with Crippen molar-refractivity contribution in [2.24, 2.45) is 0 Å². The van der Waals surface area contributed by atoms with Crippen molar-refractivity contribution in [2.75, 3.05) is 26.1 Å². The molecule has 2 N–H and O–H groups in total. The van der Waals surface area contributed by atoms with Crippen molar-refractivity contribution in [2.45, 2.75) is 12.8 Å². The Balaban J connectivity index is 1.84. The number of hydrogen-bond donors (Lipinski definition) is 2. The molecule has 0 fully saturated rings. The first-order chi connectivity index (χ1) is 12.9. The van der Waals surface area contributed by atoms with Crippen LogP contribution in [0.25, 0.3) is 10.8 Å². The fraction of sp³-hybridized carbons (Fsp3) is 0.227. The van der Waals surface area contributed by atoms with Crippen LogP contribution < -0.4 is 9.64 Å². The van der Waals surface area contributed by atoms with Gasteiger partial charge in [0.1, 0.15) is 17.2 Å². The number of benzene rings is 3. The van der Waals surface area contributed by atoms with Gasteiger partial charge in [-0.25, -0.2) is 0 Å². The highest BCUT2D eigenvalue weighted by atomic mass is 16.5.